The van der Waals surface area contributed by atoms with Crippen molar-refractivity contribution in [2.45, 2.75) is 47.3 Å². The van der Waals surface area contributed by atoms with Gasteiger partial charge in [-0.25, -0.2) is 4.79 Å². The number of rotatable bonds is 7. The number of ether oxygens (including phenoxy) is 1. The van der Waals surface area contributed by atoms with Gasteiger partial charge in [-0.2, -0.15) is 0 Å². The zero-order chi connectivity index (χ0) is 17.6. The summed E-state index contributed by atoms with van der Waals surface area (Å²) in [5.41, 5.74) is 2.92. The molecule has 0 aliphatic rings. The van der Waals surface area contributed by atoms with E-state index in [1.54, 1.807) is 19.9 Å². The number of carbonyl (C=O) groups excluding carboxylic acids is 2. The Bertz CT molecular complexity index is 600. The molecule has 1 unspecified atom stereocenters. The van der Waals surface area contributed by atoms with Crippen molar-refractivity contribution in [3.05, 3.63) is 28.6 Å². The van der Waals surface area contributed by atoms with Gasteiger partial charge < -0.3 is 19.7 Å². The molecule has 6 heteroatoms. The first kappa shape index (κ1) is 19.0. The lowest BCUT2D eigenvalue weighted by molar-refractivity contribution is -0.116. The van der Waals surface area contributed by atoms with E-state index in [-0.39, 0.29) is 18.4 Å². The summed E-state index contributed by atoms with van der Waals surface area (Å²) in [5.74, 6) is -0.702. The summed E-state index contributed by atoms with van der Waals surface area (Å²) in [4.78, 5) is 24.0. The minimum atomic E-state index is -0.604. The van der Waals surface area contributed by atoms with Gasteiger partial charge in [0.05, 0.1) is 18.3 Å². The molecule has 128 valence electrons. The molecule has 0 fully saturated rings. The van der Waals surface area contributed by atoms with Crippen LogP contribution in [0.15, 0.2) is 6.08 Å². The lowest BCUT2D eigenvalue weighted by Gasteiger charge is -2.05. The van der Waals surface area contributed by atoms with Gasteiger partial charge >= 0.3 is 5.97 Å². The Morgan fingerprint density at radius 1 is 1.30 bits per heavy atom. The third kappa shape index (κ3) is 4.69. The molecule has 1 aromatic heterocycles. The molecule has 1 aromatic rings. The van der Waals surface area contributed by atoms with Crippen molar-refractivity contribution in [2.24, 2.45) is 0 Å². The number of aliphatic hydroxyl groups is 1. The first-order chi connectivity index (χ1) is 10.8. The zero-order valence-corrected chi connectivity index (χ0v) is 14.5. The van der Waals surface area contributed by atoms with E-state index in [1.165, 1.54) is 6.08 Å². The largest absolute Gasteiger partial charge is 0.462 e. The Balaban J connectivity index is 3.13. The molecule has 1 rings (SSSR count). The molecule has 23 heavy (non-hydrogen) atoms. The van der Waals surface area contributed by atoms with Crippen LogP contribution in [0.4, 0.5) is 0 Å². The van der Waals surface area contributed by atoms with E-state index < -0.39 is 6.10 Å². The van der Waals surface area contributed by atoms with Crippen molar-refractivity contribution in [1.29, 1.82) is 0 Å². The molecule has 0 aliphatic heterocycles. The molecule has 0 aromatic carbocycles. The van der Waals surface area contributed by atoms with Crippen LogP contribution in [0.25, 0.3) is 6.08 Å². The molecule has 6 nitrogen and oxygen atoms in total. The molecular weight excluding hydrogens is 296 g/mol. The van der Waals surface area contributed by atoms with Crippen molar-refractivity contribution in [1.82, 2.24) is 9.88 Å². The number of aromatic nitrogens is 1. The predicted octanol–water partition coefficient (Wildman–Crippen LogP) is 1.81. The summed E-state index contributed by atoms with van der Waals surface area (Å²) in [5, 5.41) is 11.8. The molecule has 0 saturated heterocycles. The van der Waals surface area contributed by atoms with E-state index >= 15 is 0 Å². The highest BCUT2D eigenvalue weighted by molar-refractivity contribution is 5.98. The maximum absolute atomic E-state index is 12.2. The molecule has 0 radical (unpaired) electrons. The van der Waals surface area contributed by atoms with Gasteiger partial charge in [0.2, 0.25) is 5.91 Å². The Morgan fingerprint density at radius 3 is 2.48 bits per heavy atom. The van der Waals surface area contributed by atoms with Gasteiger partial charge in [-0.15, -0.1) is 0 Å². The van der Waals surface area contributed by atoms with Crippen molar-refractivity contribution < 1.29 is 19.4 Å². The highest BCUT2D eigenvalue weighted by atomic mass is 16.5. The SMILES string of the molecule is CCOC(=O)c1c(/C=C/C(=O)NCC(C)O)c(C)n(CC)c1C. The molecule has 0 bridgehead atoms. The maximum atomic E-state index is 12.2. The van der Waals surface area contributed by atoms with Crippen molar-refractivity contribution >= 4 is 18.0 Å². The molecular formula is C17H26N2O4. The minimum absolute atomic E-state index is 0.182. The second kappa shape index (κ2) is 8.53. The van der Waals surface area contributed by atoms with E-state index in [1.807, 2.05) is 25.3 Å². The monoisotopic (exact) mass is 322 g/mol. The van der Waals surface area contributed by atoms with E-state index in [4.69, 9.17) is 4.74 Å². The van der Waals surface area contributed by atoms with Crippen LogP contribution in [0.5, 0.6) is 0 Å². The van der Waals surface area contributed by atoms with Crippen LogP contribution in [-0.4, -0.2) is 40.8 Å². The lowest BCUT2D eigenvalue weighted by atomic mass is 10.1. The number of carbonyl (C=O) groups is 2. The van der Waals surface area contributed by atoms with E-state index in [0.717, 1.165) is 17.9 Å². The second-order valence-corrected chi connectivity index (χ2v) is 5.35. The maximum Gasteiger partial charge on any atom is 0.340 e. The first-order valence-electron chi connectivity index (χ1n) is 7.84. The highest BCUT2D eigenvalue weighted by Gasteiger charge is 2.22. The standard InChI is InChI=1S/C17H26N2O4/c1-6-19-12(4)14(8-9-15(21)18-10-11(3)20)16(13(19)5)17(22)23-7-2/h8-9,11,20H,6-7,10H2,1-5H3,(H,18,21)/b9-8+. The third-order valence-corrected chi connectivity index (χ3v) is 3.60. The summed E-state index contributed by atoms with van der Waals surface area (Å²) < 4.78 is 7.14. The van der Waals surface area contributed by atoms with Gasteiger partial charge in [-0.1, -0.05) is 0 Å². The lowest BCUT2D eigenvalue weighted by Crippen LogP contribution is -2.28. The number of aliphatic hydroxyl groups excluding tert-OH is 1. The number of nitrogens with zero attached hydrogens (tertiary/aromatic N) is 1. The Hall–Kier alpha value is -2.08. The fourth-order valence-corrected chi connectivity index (χ4v) is 2.51. The van der Waals surface area contributed by atoms with Crippen molar-refractivity contribution in [3.8, 4) is 0 Å². The second-order valence-electron chi connectivity index (χ2n) is 5.35. The van der Waals surface area contributed by atoms with Gasteiger partial charge in [0.15, 0.2) is 0 Å². The Morgan fingerprint density at radius 2 is 1.96 bits per heavy atom. The van der Waals surface area contributed by atoms with Crippen LogP contribution in [0, 0.1) is 13.8 Å². The molecule has 1 amide bonds. The first-order valence-corrected chi connectivity index (χ1v) is 7.84. The summed E-state index contributed by atoms with van der Waals surface area (Å²) in [7, 11) is 0. The fourth-order valence-electron chi connectivity index (χ4n) is 2.51. The summed E-state index contributed by atoms with van der Waals surface area (Å²) in [6.07, 6.45) is 2.39. The third-order valence-electron chi connectivity index (χ3n) is 3.60. The Labute approximate surface area is 137 Å². The summed E-state index contributed by atoms with van der Waals surface area (Å²) in [6.45, 7) is 10.3. The van der Waals surface area contributed by atoms with Crippen LogP contribution in [0.3, 0.4) is 0 Å². The molecule has 1 atom stereocenters. The molecule has 0 aliphatic carbocycles. The average molecular weight is 322 g/mol. The number of amides is 1. The smallest absolute Gasteiger partial charge is 0.340 e. The summed E-state index contributed by atoms with van der Waals surface area (Å²) in [6, 6.07) is 0. The van der Waals surface area contributed by atoms with Crippen LogP contribution in [-0.2, 0) is 16.1 Å². The van der Waals surface area contributed by atoms with Gasteiger partial charge in [0, 0.05) is 36.1 Å². The van der Waals surface area contributed by atoms with Crippen LogP contribution < -0.4 is 5.32 Å². The number of nitrogens with one attached hydrogen (secondary N) is 1. The van der Waals surface area contributed by atoms with Crippen molar-refractivity contribution in [2.75, 3.05) is 13.2 Å². The van der Waals surface area contributed by atoms with Crippen molar-refractivity contribution in [3.63, 3.8) is 0 Å². The van der Waals surface area contributed by atoms with Crippen LogP contribution >= 0.6 is 0 Å². The number of hydrogen-bond acceptors (Lipinski definition) is 4. The van der Waals surface area contributed by atoms with E-state index in [2.05, 4.69) is 5.32 Å². The van der Waals surface area contributed by atoms with Gasteiger partial charge in [0.1, 0.15) is 0 Å². The van der Waals surface area contributed by atoms with E-state index in [0.29, 0.717) is 17.7 Å². The predicted molar refractivity (Wildman–Crippen MR) is 89.3 cm³/mol. The highest BCUT2D eigenvalue weighted by Crippen LogP contribution is 2.24. The Kier molecular flexibility index (Phi) is 7.03. The molecule has 2 N–H and O–H groups in total. The molecule has 1 heterocycles. The average Bonchev–Trinajstić information content (AvgIpc) is 2.73. The fraction of sp³-hybridized carbons (Fsp3) is 0.529. The van der Waals surface area contributed by atoms with E-state index in [9.17, 15) is 14.7 Å². The quantitative estimate of drug-likeness (QED) is 0.593. The normalized spacial score (nSPS) is 12.4. The van der Waals surface area contributed by atoms with Gasteiger partial charge in [0.25, 0.3) is 0 Å². The molecule has 0 saturated carbocycles. The number of esters is 1. The van der Waals surface area contributed by atoms with Gasteiger partial charge in [-0.3, -0.25) is 4.79 Å². The van der Waals surface area contributed by atoms with Crippen LogP contribution in [0.2, 0.25) is 0 Å². The van der Waals surface area contributed by atoms with Crippen LogP contribution in [0.1, 0.15) is 48.1 Å². The molecule has 0 spiro atoms. The minimum Gasteiger partial charge on any atom is -0.462 e. The summed E-state index contributed by atoms with van der Waals surface area (Å²) >= 11 is 0. The zero-order valence-electron chi connectivity index (χ0n) is 14.5. The number of hydrogen-bond donors (Lipinski definition) is 2. The topological polar surface area (TPSA) is 80.6 Å². The van der Waals surface area contributed by atoms with Gasteiger partial charge in [-0.05, 0) is 40.7 Å².